The van der Waals surface area contributed by atoms with E-state index in [1.807, 2.05) is 0 Å². The van der Waals surface area contributed by atoms with Crippen LogP contribution in [0.4, 0.5) is 11.4 Å². The number of benzene rings is 2. The Morgan fingerprint density at radius 1 is 1.33 bits per heavy atom. The molecule has 2 aromatic carbocycles. The van der Waals surface area contributed by atoms with Crippen molar-refractivity contribution >= 4 is 44.8 Å². The molecule has 0 bridgehead atoms. The van der Waals surface area contributed by atoms with Crippen LogP contribution in [0.2, 0.25) is 5.02 Å². The number of nitrogens with one attached hydrogen (secondary N) is 1. The van der Waals surface area contributed by atoms with Crippen LogP contribution in [0, 0.1) is 10.1 Å². The third-order valence-corrected chi connectivity index (χ3v) is 3.78. The van der Waals surface area contributed by atoms with E-state index in [-0.39, 0.29) is 18.0 Å². The number of nitrogens with zero attached hydrogens (tertiary/aromatic N) is 1. The van der Waals surface area contributed by atoms with Crippen LogP contribution >= 0.6 is 27.5 Å². The molecule has 0 aliphatic heterocycles. The van der Waals surface area contributed by atoms with Gasteiger partial charge in [0.1, 0.15) is 17.2 Å². The summed E-state index contributed by atoms with van der Waals surface area (Å²) in [5.74, 6) is 0.213. The van der Waals surface area contributed by atoms with E-state index in [4.69, 9.17) is 21.1 Å². The smallest absolute Gasteiger partial charge is 0.296 e. The van der Waals surface area contributed by atoms with Crippen molar-refractivity contribution < 1.29 is 19.2 Å². The van der Waals surface area contributed by atoms with E-state index in [0.29, 0.717) is 21.0 Å². The molecule has 1 amide bonds. The summed E-state index contributed by atoms with van der Waals surface area (Å²) in [4.78, 5) is 22.4. The molecule has 0 radical (unpaired) electrons. The Balaban J connectivity index is 2.05. The van der Waals surface area contributed by atoms with Crippen molar-refractivity contribution in [3.63, 3.8) is 0 Å². The van der Waals surface area contributed by atoms with E-state index < -0.39 is 10.8 Å². The van der Waals surface area contributed by atoms with Crippen LogP contribution in [0.5, 0.6) is 11.5 Å². The maximum absolute atomic E-state index is 12.0. The van der Waals surface area contributed by atoms with Crippen molar-refractivity contribution in [2.24, 2.45) is 0 Å². The van der Waals surface area contributed by atoms with Gasteiger partial charge in [-0.3, -0.25) is 14.9 Å². The van der Waals surface area contributed by atoms with Crippen LogP contribution in [0.15, 0.2) is 40.9 Å². The van der Waals surface area contributed by atoms with Crippen molar-refractivity contribution in [1.82, 2.24) is 0 Å². The number of rotatable bonds is 6. The van der Waals surface area contributed by atoms with Gasteiger partial charge in [-0.15, -0.1) is 0 Å². The number of anilines is 1. The van der Waals surface area contributed by atoms with Crippen LogP contribution in [-0.2, 0) is 4.79 Å². The lowest BCUT2D eigenvalue weighted by Crippen LogP contribution is -2.20. The first-order valence-electron chi connectivity index (χ1n) is 6.61. The molecule has 0 atom stereocenters. The molecule has 24 heavy (non-hydrogen) atoms. The van der Waals surface area contributed by atoms with Gasteiger partial charge in [-0.25, -0.2) is 0 Å². The highest BCUT2D eigenvalue weighted by Gasteiger charge is 2.17. The minimum Gasteiger partial charge on any atom is -0.496 e. The Hall–Kier alpha value is -2.32. The van der Waals surface area contributed by atoms with Crippen LogP contribution < -0.4 is 14.8 Å². The number of hydrogen-bond donors (Lipinski definition) is 1. The number of carbonyl (C=O) groups is 1. The predicted molar refractivity (Wildman–Crippen MR) is 92.9 cm³/mol. The molecule has 0 heterocycles. The molecule has 0 saturated carbocycles. The Labute approximate surface area is 150 Å². The van der Waals surface area contributed by atoms with Crippen molar-refractivity contribution in [2.45, 2.75) is 0 Å². The van der Waals surface area contributed by atoms with Gasteiger partial charge in [0.25, 0.3) is 11.6 Å². The third kappa shape index (κ3) is 4.59. The quantitative estimate of drug-likeness (QED) is 0.568. The number of halogens is 2. The first-order chi connectivity index (χ1) is 11.4. The molecule has 0 unspecified atom stereocenters. The lowest BCUT2D eigenvalue weighted by atomic mass is 10.2. The fourth-order valence-electron chi connectivity index (χ4n) is 1.82. The van der Waals surface area contributed by atoms with Crippen molar-refractivity contribution in [3.8, 4) is 11.5 Å². The molecule has 0 fully saturated rings. The summed E-state index contributed by atoms with van der Waals surface area (Å²) in [6, 6.07) is 8.99. The largest absolute Gasteiger partial charge is 0.496 e. The van der Waals surface area contributed by atoms with Gasteiger partial charge >= 0.3 is 0 Å². The van der Waals surface area contributed by atoms with Gasteiger partial charge in [-0.1, -0.05) is 11.6 Å². The molecular formula is C15H12BrClN2O5. The van der Waals surface area contributed by atoms with Gasteiger partial charge < -0.3 is 14.8 Å². The van der Waals surface area contributed by atoms with Gasteiger partial charge in [0.15, 0.2) is 6.61 Å². The average Bonchev–Trinajstić information content (AvgIpc) is 2.54. The predicted octanol–water partition coefficient (Wildman–Crippen LogP) is 4.04. The number of ether oxygens (including phenoxy) is 2. The molecule has 0 aromatic heterocycles. The molecular weight excluding hydrogens is 404 g/mol. The van der Waals surface area contributed by atoms with Crippen molar-refractivity contribution in [3.05, 3.63) is 56.0 Å². The van der Waals surface area contributed by atoms with Gasteiger partial charge in [0, 0.05) is 5.02 Å². The molecule has 2 rings (SSSR count). The van der Waals surface area contributed by atoms with E-state index in [9.17, 15) is 14.9 Å². The molecule has 0 aliphatic rings. The highest BCUT2D eigenvalue weighted by Crippen LogP contribution is 2.30. The second kappa shape index (κ2) is 7.98. The molecule has 7 nitrogen and oxygen atoms in total. The second-order valence-electron chi connectivity index (χ2n) is 4.55. The summed E-state index contributed by atoms with van der Waals surface area (Å²) in [7, 11) is 1.40. The van der Waals surface area contributed by atoms with Crippen LogP contribution in [-0.4, -0.2) is 24.5 Å². The zero-order valence-corrected chi connectivity index (χ0v) is 14.8. The maximum Gasteiger partial charge on any atom is 0.296 e. The molecule has 0 saturated heterocycles. The van der Waals surface area contributed by atoms with Crippen molar-refractivity contribution in [2.75, 3.05) is 19.0 Å². The summed E-state index contributed by atoms with van der Waals surface area (Å²) in [5, 5.41) is 14.0. The van der Waals surface area contributed by atoms with Crippen molar-refractivity contribution in [1.29, 1.82) is 0 Å². The van der Waals surface area contributed by atoms with E-state index in [2.05, 4.69) is 21.2 Å². The summed E-state index contributed by atoms with van der Waals surface area (Å²) in [6.45, 7) is -0.316. The van der Waals surface area contributed by atoms with Crippen LogP contribution in [0.3, 0.4) is 0 Å². The molecule has 2 aromatic rings. The minimum atomic E-state index is -0.602. The fraction of sp³-hybridized carbons (Fsp3) is 0.133. The number of methoxy groups -OCH3 is 1. The standard InChI is InChI=1S/C15H12BrClN2O5/c1-23-10-3-4-12(13(7-10)19(21)22)18-15(20)8-24-14-5-2-9(17)6-11(14)16/h2-7H,8H2,1H3,(H,18,20). The number of amides is 1. The molecule has 0 spiro atoms. The highest BCUT2D eigenvalue weighted by molar-refractivity contribution is 9.10. The summed E-state index contributed by atoms with van der Waals surface area (Å²) < 4.78 is 10.9. The highest BCUT2D eigenvalue weighted by atomic mass is 79.9. The Morgan fingerprint density at radius 2 is 2.08 bits per heavy atom. The topological polar surface area (TPSA) is 90.7 Å². The SMILES string of the molecule is COc1ccc(NC(=O)COc2ccc(Cl)cc2Br)c([N+](=O)[O-])c1. The zero-order valence-electron chi connectivity index (χ0n) is 12.4. The first kappa shape index (κ1) is 18.0. The van der Waals surface area contributed by atoms with E-state index in [1.165, 1.54) is 25.3 Å². The summed E-state index contributed by atoms with van der Waals surface area (Å²) in [6.07, 6.45) is 0. The monoisotopic (exact) mass is 414 g/mol. The molecule has 126 valence electrons. The van der Waals surface area contributed by atoms with Gasteiger partial charge in [0.2, 0.25) is 0 Å². The zero-order chi connectivity index (χ0) is 17.7. The Morgan fingerprint density at radius 3 is 2.71 bits per heavy atom. The molecule has 1 N–H and O–H groups in total. The van der Waals surface area contributed by atoms with Gasteiger partial charge in [-0.2, -0.15) is 0 Å². The number of nitro groups is 1. The molecule has 0 aliphatic carbocycles. The Bertz CT molecular complexity index is 784. The normalized spacial score (nSPS) is 10.1. The second-order valence-corrected chi connectivity index (χ2v) is 5.84. The summed E-state index contributed by atoms with van der Waals surface area (Å²) in [5.41, 5.74) is -0.208. The molecule has 9 heteroatoms. The number of carbonyl (C=O) groups excluding carboxylic acids is 1. The van der Waals surface area contributed by atoms with E-state index in [1.54, 1.807) is 18.2 Å². The maximum atomic E-state index is 12.0. The van der Waals surface area contributed by atoms with Gasteiger partial charge in [-0.05, 0) is 46.3 Å². The van der Waals surface area contributed by atoms with Crippen LogP contribution in [0.1, 0.15) is 0 Å². The lowest BCUT2D eigenvalue weighted by Gasteiger charge is -2.10. The first-order valence-corrected chi connectivity index (χ1v) is 7.78. The lowest BCUT2D eigenvalue weighted by molar-refractivity contribution is -0.384. The number of nitro benzene ring substituents is 1. The minimum absolute atomic E-state index is 0.0598. The van der Waals surface area contributed by atoms with E-state index in [0.717, 1.165) is 0 Å². The van der Waals surface area contributed by atoms with Crippen LogP contribution in [0.25, 0.3) is 0 Å². The van der Waals surface area contributed by atoms with Gasteiger partial charge in [0.05, 0.1) is 22.6 Å². The number of hydrogen-bond acceptors (Lipinski definition) is 5. The third-order valence-electron chi connectivity index (χ3n) is 2.93. The fourth-order valence-corrected chi connectivity index (χ4v) is 2.61. The average molecular weight is 416 g/mol. The summed E-state index contributed by atoms with van der Waals surface area (Å²) >= 11 is 9.09. The van der Waals surface area contributed by atoms with E-state index >= 15 is 0 Å². The Kier molecular flexibility index (Phi) is 5.99.